The normalized spacial score (nSPS) is 11.6. The van der Waals surface area contributed by atoms with Gasteiger partial charge in [-0.05, 0) is 35.8 Å². The zero-order chi connectivity index (χ0) is 20.0. The number of anilines is 1. The molecule has 0 bridgehead atoms. The Kier molecular flexibility index (Phi) is 4.46. The first-order valence-corrected chi connectivity index (χ1v) is 9.35. The summed E-state index contributed by atoms with van der Waals surface area (Å²) in [6, 6.07) is 1.99. The van der Waals surface area contributed by atoms with Gasteiger partial charge in [0.1, 0.15) is 22.9 Å². The van der Waals surface area contributed by atoms with Crippen LogP contribution in [-0.4, -0.2) is 40.0 Å². The Morgan fingerprint density at radius 3 is 2.79 bits per heavy atom. The maximum atomic E-state index is 12.6. The van der Waals surface area contributed by atoms with Crippen molar-refractivity contribution in [1.29, 1.82) is 0 Å². The number of nitrogens with zero attached hydrogens (tertiary/aromatic N) is 7. The molecule has 144 valence electrons. The highest BCUT2D eigenvalue weighted by Gasteiger charge is 2.15. The van der Waals surface area contributed by atoms with E-state index in [4.69, 9.17) is 0 Å². The molecule has 10 nitrogen and oxygen atoms in total. The topological polar surface area (TPSA) is 113 Å². The van der Waals surface area contributed by atoms with E-state index in [0.717, 1.165) is 11.0 Å². The molecule has 0 saturated heterocycles. The molecular formula is C17H17BrN8O2. The second-order valence-corrected chi connectivity index (χ2v) is 7.41. The van der Waals surface area contributed by atoms with Gasteiger partial charge in [0, 0.05) is 18.5 Å². The lowest BCUT2D eigenvalue weighted by Crippen LogP contribution is -2.28. The Bertz CT molecular complexity index is 1270. The molecule has 28 heavy (non-hydrogen) atoms. The van der Waals surface area contributed by atoms with Crippen LogP contribution in [0.2, 0.25) is 0 Å². The monoisotopic (exact) mass is 444 g/mol. The third-order valence-electron chi connectivity index (χ3n) is 4.29. The van der Waals surface area contributed by atoms with Crippen LogP contribution in [0.25, 0.3) is 22.1 Å². The summed E-state index contributed by atoms with van der Waals surface area (Å²) in [6.45, 7) is 3.87. The largest absolute Gasteiger partial charge is 0.323 e. The van der Waals surface area contributed by atoms with Gasteiger partial charge in [-0.2, -0.15) is 10.2 Å². The highest BCUT2D eigenvalue weighted by molar-refractivity contribution is 9.10. The van der Waals surface area contributed by atoms with Crippen molar-refractivity contribution in [2.45, 2.75) is 26.4 Å². The molecule has 4 rings (SSSR count). The summed E-state index contributed by atoms with van der Waals surface area (Å²) >= 11 is 3.26. The van der Waals surface area contributed by atoms with Crippen molar-refractivity contribution >= 4 is 49.6 Å². The Balaban J connectivity index is 1.57. The van der Waals surface area contributed by atoms with E-state index in [1.165, 1.54) is 15.6 Å². The molecule has 0 atom stereocenters. The number of carbonyl (C=O) groups is 1. The van der Waals surface area contributed by atoms with Crippen molar-refractivity contribution in [2.24, 2.45) is 7.05 Å². The third-order valence-corrected chi connectivity index (χ3v) is 4.84. The summed E-state index contributed by atoms with van der Waals surface area (Å²) in [4.78, 5) is 33.7. The molecule has 0 saturated carbocycles. The number of fused-ring (bicyclic) bond motifs is 2. The average molecular weight is 445 g/mol. The molecule has 1 amide bonds. The van der Waals surface area contributed by atoms with Crippen molar-refractivity contribution < 1.29 is 4.79 Å². The number of nitrogens with one attached hydrogen (secondary N) is 1. The Labute approximate surface area is 167 Å². The molecule has 4 aromatic heterocycles. The second-order valence-electron chi connectivity index (χ2n) is 6.66. The standard InChI is InChI=1S/C17H17BrN8O2/c1-9(2)26-15-10(5-21-26)4-11(6-19-15)22-12(27)7-25-8-20-16-13(17(25)28)14(18)23-24(16)3/h4-6,8-9H,7H2,1-3H3,(H,22,27). The molecule has 0 radical (unpaired) electrons. The van der Waals surface area contributed by atoms with Crippen LogP contribution >= 0.6 is 15.9 Å². The highest BCUT2D eigenvalue weighted by Crippen LogP contribution is 2.19. The summed E-state index contributed by atoms with van der Waals surface area (Å²) in [7, 11) is 1.70. The second kappa shape index (κ2) is 6.82. The number of carbonyl (C=O) groups excluding carboxylic acids is 1. The van der Waals surface area contributed by atoms with Crippen molar-refractivity contribution in [3.63, 3.8) is 0 Å². The number of rotatable bonds is 4. The molecule has 4 heterocycles. The van der Waals surface area contributed by atoms with Crippen molar-refractivity contribution in [1.82, 2.24) is 34.1 Å². The van der Waals surface area contributed by atoms with Crippen LogP contribution in [0.5, 0.6) is 0 Å². The van der Waals surface area contributed by atoms with Gasteiger partial charge >= 0.3 is 0 Å². The maximum Gasteiger partial charge on any atom is 0.266 e. The van der Waals surface area contributed by atoms with E-state index in [-0.39, 0.29) is 24.1 Å². The lowest BCUT2D eigenvalue weighted by atomic mass is 10.3. The third kappa shape index (κ3) is 3.07. The summed E-state index contributed by atoms with van der Waals surface area (Å²) in [5.74, 6) is -0.360. The highest BCUT2D eigenvalue weighted by atomic mass is 79.9. The zero-order valence-electron chi connectivity index (χ0n) is 15.4. The smallest absolute Gasteiger partial charge is 0.266 e. The van der Waals surface area contributed by atoms with Gasteiger partial charge in [-0.25, -0.2) is 19.3 Å². The Morgan fingerprint density at radius 1 is 1.25 bits per heavy atom. The molecular weight excluding hydrogens is 428 g/mol. The molecule has 11 heteroatoms. The van der Waals surface area contributed by atoms with E-state index in [1.54, 1.807) is 25.5 Å². The van der Waals surface area contributed by atoms with Crippen molar-refractivity contribution in [3.8, 4) is 0 Å². The van der Waals surface area contributed by atoms with Crippen LogP contribution in [0.3, 0.4) is 0 Å². The van der Waals surface area contributed by atoms with Gasteiger partial charge in [0.05, 0.1) is 18.1 Å². The summed E-state index contributed by atoms with van der Waals surface area (Å²) in [5, 5.41) is 12.3. The van der Waals surface area contributed by atoms with Crippen LogP contribution in [-0.2, 0) is 18.4 Å². The molecule has 0 aromatic carbocycles. The van der Waals surface area contributed by atoms with E-state index in [9.17, 15) is 9.59 Å². The fourth-order valence-corrected chi connectivity index (χ4v) is 3.57. The molecule has 0 aliphatic heterocycles. The SMILES string of the molecule is CC(C)n1ncc2cc(NC(=O)Cn3cnc4c(c(Br)nn4C)c3=O)cnc21. The van der Waals surface area contributed by atoms with Crippen molar-refractivity contribution in [2.75, 3.05) is 5.32 Å². The van der Waals surface area contributed by atoms with Crippen LogP contribution in [0.15, 0.2) is 34.2 Å². The van der Waals surface area contributed by atoms with E-state index in [2.05, 4.69) is 41.4 Å². The first kappa shape index (κ1) is 18.3. The van der Waals surface area contributed by atoms with E-state index in [1.807, 2.05) is 18.5 Å². The number of halogens is 1. The van der Waals surface area contributed by atoms with Gasteiger partial charge in [0.25, 0.3) is 5.56 Å². The quantitative estimate of drug-likeness (QED) is 0.513. The fraction of sp³-hybridized carbons (Fsp3) is 0.294. The summed E-state index contributed by atoms with van der Waals surface area (Å²) < 4.78 is 4.96. The minimum absolute atomic E-state index is 0.174. The molecule has 0 unspecified atom stereocenters. The predicted octanol–water partition coefficient (Wildman–Crippen LogP) is 1.86. The molecule has 4 aromatic rings. The van der Waals surface area contributed by atoms with Crippen LogP contribution in [0.1, 0.15) is 19.9 Å². The van der Waals surface area contributed by atoms with Gasteiger partial charge in [-0.15, -0.1) is 0 Å². The summed E-state index contributed by atoms with van der Waals surface area (Å²) in [5.41, 5.74) is 1.39. The Hall–Kier alpha value is -3.08. The molecule has 0 aliphatic carbocycles. The minimum Gasteiger partial charge on any atom is -0.323 e. The summed E-state index contributed by atoms with van der Waals surface area (Å²) in [6.07, 6.45) is 4.62. The first-order chi connectivity index (χ1) is 13.3. The predicted molar refractivity (Wildman–Crippen MR) is 107 cm³/mol. The number of aryl methyl sites for hydroxylation is 1. The number of amides is 1. The minimum atomic E-state index is -0.360. The van der Waals surface area contributed by atoms with Gasteiger partial charge in [0.15, 0.2) is 11.3 Å². The van der Waals surface area contributed by atoms with E-state index in [0.29, 0.717) is 21.3 Å². The van der Waals surface area contributed by atoms with Crippen LogP contribution in [0, 0.1) is 0 Å². The van der Waals surface area contributed by atoms with E-state index >= 15 is 0 Å². The molecule has 1 N–H and O–H groups in total. The zero-order valence-corrected chi connectivity index (χ0v) is 17.0. The lowest BCUT2D eigenvalue weighted by molar-refractivity contribution is -0.116. The fourth-order valence-electron chi connectivity index (χ4n) is 2.99. The average Bonchev–Trinajstić information content (AvgIpc) is 3.18. The lowest BCUT2D eigenvalue weighted by Gasteiger charge is -2.08. The maximum absolute atomic E-state index is 12.6. The van der Waals surface area contributed by atoms with E-state index < -0.39 is 0 Å². The Morgan fingerprint density at radius 2 is 2.04 bits per heavy atom. The number of pyridine rings is 1. The molecule has 0 aliphatic rings. The van der Waals surface area contributed by atoms with Crippen LogP contribution in [0.4, 0.5) is 5.69 Å². The molecule has 0 spiro atoms. The van der Waals surface area contributed by atoms with Gasteiger partial charge in [-0.3, -0.25) is 14.2 Å². The van der Waals surface area contributed by atoms with Crippen molar-refractivity contribution in [3.05, 3.63) is 39.7 Å². The molecule has 0 fully saturated rings. The number of aromatic nitrogens is 7. The van der Waals surface area contributed by atoms with Gasteiger partial charge in [0.2, 0.25) is 5.91 Å². The van der Waals surface area contributed by atoms with Gasteiger partial charge < -0.3 is 5.32 Å². The van der Waals surface area contributed by atoms with Gasteiger partial charge in [-0.1, -0.05) is 0 Å². The number of hydrogen-bond donors (Lipinski definition) is 1. The number of hydrogen-bond acceptors (Lipinski definition) is 6. The first-order valence-electron chi connectivity index (χ1n) is 8.56. The van der Waals surface area contributed by atoms with Crippen LogP contribution < -0.4 is 10.9 Å².